The van der Waals surface area contributed by atoms with Gasteiger partial charge in [0.25, 0.3) is 0 Å². The van der Waals surface area contributed by atoms with E-state index in [4.69, 9.17) is 9.94 Å². The predicted octanol–water partition coefficient (Wildman–Crippen LogP) is 0.693. The van der Waals surface area contributed by atoms with E-state index in [0.717, 1.165) is 31.8 Å². The molecule has 1 aliphatic heterocycles. The summed E-state index contributed by atoms with van der Waals surface area (Å²) in [6, 6.07) is 0. The highest BCUT2D eigenvalue weighted by Crippen LogP contribution is 2.22. The van der Waals surface area contributed by atoms with Crippen LogP contribution < -0.4 is 0 Å². The van der Waals surface area contributed by atoms with Gasteiger partial charge in [-0.15, -0.1) is 0 Å². The van der Waals surface area contributed by atoms with E-state index < -0.39 is 5.97 Å². The van der Waals surface area contributed by atoms with Gasteiger partial charge in [-0.3, -0.25) is 4.79 Å². The second-order valence-corrected chi connectivity index (χ2v) is 2.93. The molecule has 1 aliphatic rings. The molecule has 0 unspecified atom stereocenters. The van der Waals surface area contributed by atoms with E-state index in [-0.39, 0.29) is 6.42 Å². The molecule has 0 spiro atoms. The molecule has 1 heterocycles. The molecule has 12 heavy (non-hydrogen) atoms. The minimum absolute atomic E-state index is 0.220. The van der Waals surface area contributed by atoms with Crippen molar-refractivity contribution >= 4 is 5.97 Å². The molecule has 1 saturated heterocycles. The molecule has 0 amide bonds. The van der Waals surface area contributed by atoms with Gasteiger partial charge in [0.05, 0.1) is 13.5 Å². The number of aliphatic carboxylic acids is 1. The number of carboxylic acid groups (broad SMARTS) is 1. The average molecular weight is 172 g/mol. The minimum atomic E-state index is -0.726. The zero-order chi connectivity index (χ0) is 8.97. The standard InChI is InChI=1S/C8H14NO3/c1-12-9-4-2-7(3-5-9)6-8(10)11/h2-6H2,1H3,(H,10,11). The molecule has 0 aliphatic carbocycles. The lowest BCUT2D eigenvalue weighted by molar-refractivity contribution is -0.143. The van der Waals surface area contributed by atoms with E-state index >= 15 is 0 Å². The van der Waals surface area contributed by atoms with Crippen LogP contribution in [-0.4, -0.2) is 36.3 Å². The summed E-state index contributed by atoms with van der Waals surface area (Å²) in [6.45, 7) is 1.64. The van der Waals surface area contributed by atoms with Crippen molar-refractivity contribution in [1.29, 1.82) is 0 Å². The molecule has 0 saturated carbocycles. The van der Waals surface area contributed by atoms with Crippen molar-refractivity contribution in [3.63, 3.8) is 0 Å². The Labute approximate surface area is 72.1 Å². The lowest BCUT2D eigenvalue weighted by atomic mass is 9.95. The molecule has 4 heteroatoms. The molecule has 0 atom stereocenters. The van der Waals surface area contributed by atoms with E-state index in [1.54, 1.807) is 7.11 Å². The Kier molecular flexibility index (Phi) is 3.49. The van der Waals surface area contributed by atoms with Gasteiger partial charge >= 0.3 is 5.97 Å². The van der Waals surface area contributed by atoms with E-state index in [2.05, 4.69) is 0 Å². The van der Waals surface area contributed by atoms with Gasteiger partial charge in [-0.1, -0.05) is 0 Å². The summed E-state index contributed by atoms with van der Waals surface area (Å²) in [5.74, 6) is 0.395. The Morgan fingerprint density at radius 1 is 1.58 bits per heavy atom. The Hall–Kier alpha value is -0.610. The van der Waals surface area contributed by atoms with Crippen LogP contribution in [0.25, 0.3) is 0 Å². The largest absolute Gasteiger partial charge is 0.481 e. The number of piperidine rings is 1. The molecule has 0 aromatic carbocycles. The van der Waals surface area contributed by atoms with Gasteiger partial charge < -0.3 is 9.94 Å². The summed E-state index contributed by atoms with van der Waals surface area (Å²) < 4.78 is 0. The zero-order valence-corrected chi connectivity index (χ0v) is 7.25. The van der Waals surface area contributed by atoms with Gasteiger partial charge in [0.1, 0.15) is 0 Å². The lowest BCUT2D eigenvalue weighted by Gasteiger charge is -2.28. The third-order valence-corrected chi connectivity index (χ3v) is 2.09. The highest BCUT2D eigenvalue weighted by atomic mass is 16.7. The van der Waals surface area contributed by atoms with Crippen LogP contribution in [0.5, 0.6) is 0 Å². The minimum Gasteiger partial charge on any atom is -0.481 e. The Morgan fingerprint density at radius 2 is 2.17 bits per heavy atom. The van der Waals surface area contributed by atoms with Crippen LogP contribution in [0.3, 0.4) is 0 Å². The van der Waals surface area contributed by atoms with Crippen molar-refractivity contribution < 1.29 is 14.7 Å². The second kappa shape index (κ2) is 4.42. The van der Waals surface area contributed by atoms with Crippen molar-refractivity contribution in [3.8, 4) is 0 Å². The molecule has 1 fully saturated rings. The number of hydroxylamine groups is 2. The maximum absolute atomic E-state index is 10.4. The summed E-state index contributed by atoms with van der Waals surface area (Å²) in [6.07, 6.45) is 1.91. The van der Waals surface area contributed by atoms with Crippen LogP contribution in [-0.2, 0) is 9.63 Å². The van der Waals surface area contributed by atoms with E-state index in [1.165, 1.54) is 0 Å². The van der Waals surface area contributed by atoms with Crippen LogP contribution in [0.4, 0.5) is 0 Å². The maximum Gasteiger partial charge on any atom is 0.303 e. The molecule has 1 N–H and O–H groups in total. The smallest absolute Gasteiger partial charge is 0.303 e. The quantitative estimate of drug-likeness (QED) is 0.680. The van der Waals surface area contributed by atoms with Gasteiger partial charge in [-0.05, 0) is 18.8 Å². The number of hydrogen-bond donors (Lipinski definition) is 1. The summed E-state index contributed by atoms with van der Waals surface area (Å²) in [4.78, 5) is 15.4. The molecule has 0 aromatic rings. The van der Waals surface area contributed by atoms with Crippen molar-refractivity contribution in [2.75, 3.05) is 20.2 Å². The number of carboxylic acids is 1. The topological polar surface area (TPSA) is 49.8 Å². The molecule has 69 valence electrons. The van der Waals surface area contributed by atoms with Crippen molar-refractivity contribution in [1.82, 2.24) is 5.06 Å². The predicted molar refractivity (Wildman–Crippen MR) is 43.3 cm³/mol. The van der Waals surface area contributed by atoms with Crippen LogP contribution in [0.1, 0.15) is 19.3 Å². The third kappa shape index (κ3) is 2.79. The number of nitrogens with zero attached hydrogens (tertiary/aromatic N) is 1. The Morgan fingerprint density at radius 3 is 2.58 bits per heavy atom. The van der Waals surface area contributed by atoms with Crippen LogP contribution in [0.2, 0.25) is 0 Å². The Balaban J connectivity index is 2.21. The highest BCUT2D eigenvalue weighted by molar-refractivity contribution is 5.69. The van der Waals surface area contributed by atoms with Gasteiger partial charge in [-0.2, -0.15) is 5.06 Å². The van der Waals surface area contributed by atoms with E-state index in [9.17, 15) is 4.79 Å². The van der Waals surface area contributed by atoms with E-state index in [0.29, 0.717) is 0 Å². The Bertz CT molecular complexity index is 152. The fourth-order valence-corrected chi connectivity index (χ4v) is 1.38. The van der Waals surface area contributed by atoms with Crippen LogP contribution in [0, 0.1) is 5.92 Å². The first kappa shape index (κ1) is 9.48. The lowest BCUT2D eigenvalue weighted by Crippen LogP contribution is -2.32. The molecular formula is C8H14NO3. The summed E-state index contributed by atoms with van der Waals surface area (Å²) in [5.41, 5.74) is 0. The molecule has 1 radical (unpaired) electrons. The summed E-state index contributed by atoms with van der Waals surface area (Å²) in [7, 11) is 1.64. The number of carbonyl (C=O) groups is 1. The first-order valence-electron chi connectivity index (χ1n) is 4.07. The maximum atomic E-state index is 10.4. The molecule has 1 rings (SSSR count). The van der Waals surface area contributed by atoms with Crippen LogP contribution >= 0.6 is 0 Å². The van der Waals surface area contributed by atoms with Gasteiger partial charge in [-0.25, -0.2) is 0 Å². The third-order valence-electron chi connectivity index (χ3n) is 2.09. The summed E-state index contributed by atoms with van der Waals surface area (Å²) >= 11 is 0. The monoisotopic (exact) mass is 172 g/mol. The number of rotatable bonds is 3. The second-order valence-electron chi connectivity index (χ2n) is 2.93. The fourth-order valence-electron chi connectivity index (χ4n) is 1.38. The summed E-state index contributed by atoms with van der Waals surface area (Å²) in [5, 5.41) is 10.4. The zero-order valence-electron chi connectivity index (χ0n) is 7.25. The van der Waals surface area contributed by atoms with Crippen molar-refractivity contribution in [2.45, 2.75) is 19.3 Å². The first-order chi connectivity index (χ1) is 5.72. The highest BCUT2D eigenvalue weighted by Gasteiger charge is 2.21. The number of hydrogen-bond acceptors (Lipinski definition) is 3. The molecule has 4 nitrogen and oxygen atoms in total. The normalized spacial score (nSPS) is 21.1. The molecule has 0 bridgehead atoms. The van der Waals surface area contributed by atoms with Crippen LogP contribution in [0.15, 0.2) is 0 Å². The van der Waals surface area contributed by atoms with Gasteiger partial charge in [0, 0.05) is 13.1 Å². The van der Waals surface area contributed by atoms with Gasteiger partial charge in [0.2, 0.25) is 0 Å². The van der Waals surface area contributed by atoms with Crippen molar-refractivity contribution in [2.24, 2.45) is 0 Å². The average Bonchev–Trinajstić information content (AvgIpc) is 2.05. The van der Waals surface area contributed by atoms with Gasteiger partial charge in [0.15, 0.2) is 0 Å². The molecular weight excluding hydrogens is 158 g/mol. The SMILES string of the molecule is CON1CC[C](CC(=O)O)CC1. The fraction of sp³-hybridized carbons (Fsp3) is 0.750. The molecule has 0 aromatic heterocycles. The van der Waals surface area contributed by atoms with Crippen molar-refractivity contribution in [3.05, 3.63) is 5.92 Å². The first-order valence-corrected chi connectivity index (χ1v) is 4.07. The van der Waals surface area contributed by atoms with E-state index in [1.807, 2.05) is 5.06 Å².